The highest BCUT2D eigenvalue weighted by molar-refractivity contribution is 5.66. The van der Waals surface area contributed by atoms with E-state index in [1.807, 2.05) is 0 Å². The number of esters is 1. The summed E-state index contributed by atoms with van der Waals surface area (Å²) in [6, 6.07) is 3.87. The van der Waals surface area contributed by atoms with Gasteiger partial charge in [-0.2, -0.15) is 0 Å². The van der Waals surface area contributed by atoms with Crippen LogP contribution in [0.5, 0.6) is 5.75 Å². The number of ether oxygens (including phenoxy) is 2. The number of halogens is 1. The minimum Gasteiger partial charge on any atom is -0.487 e. The number of carbonyl (C=O) groups excluding carboxylic acids is 1. The van der Waals surface area contributed by atoms with Gasteiger partial charge in [-0.25, -0.2) is 4.39 Å². The van der Waals surface area contributed by atoms with Gasteiger partial charge in [-0.15, -0.1) is 0 Å². The van der Waals surface area contributed by atoms with E-state index in [1.54, 1.807) is 0 Å². The van der Waals surface area contributed by atoms with Gasteiger partial charge in [-0.05, 0) is 18.2 Å². The third kappa shape index (κ3) is 3.02. The van der Waals surface area contributed by atoms with E-state index in [0.29, 0.717) is 11.3 Å². The largest absolute Gasteiger partial charge is 0.487 e. The summed E-state index contributed by atoms with van der Waals surface area (Å²) < 4.78 is 23.8. The van der Waals surface area contributed by atoms with Crippen LogP contribution in [-0.4, -0.2) is 35.0 Å². The molecule has 0 fully saturated rings. The zero-order valence-electron chi connectivity index (χ0n) is 10.4. The van der Waals surface area contributed by atoms with E-state index in [1.165, 1.54) is 25.1 Å². The Hall–Kier alpha value is -1.66. The average molecular weight is 270 g/mol. The lowest BCUT2D eigenvalue weighted by atomic mass is 9.96. The van der Waals surface area contributed by atoms with Crippen LogP contribution in [0, 0.1) is 5.82 Å². The van der Waals surface area contributed by atoms with Crippen molar-refractivity contribution in [1.82, 2.24) is 0 Å². The summed E-state index contributed by atoms with van der Waals surface area (Å²) in [4.78, 5) is 11.1. The zero-order valence-corrected chi connectivity index (χ0v) is 10.4. The van der Waals surface area contributed by atoms with E-state index in [2.05, 4.69) is 0 Å². The maximum atomic E-state index is 13.2. The second-order valence-electron chi connectivity index (χ2n) is 4.42. The monoisotopic (exact) mass is 270 g/mol. The Morgan fingerprint density at radius 3 is 3.00 bits per heavy atom. The van der Waals surface area contributed by atoms with Crippen LogP contribution in [0.15, 0.2) is 18.2 Å². The topological polar surface area (TPSA) is 76.0 Å². The Morgan fingerprint density at radius 1 is 1.63 bits per heavy atom. The van der Waals surface area contributed by atoms with Crippen molar-refractivity contribution in [2.24, 2.45) is 0 Å². The first-order chi connectivity index (χ1) is 9.01. The molecule has 6 heteroatoms. The van der Waals surface area contributed by atoms with E-state index in [9.17, 15) is 14.3 Å². The van der Waals surface area contributed by atoms with Gasteiger partial charge in [0.05, 0.1) is 6.61 Å². The molecule has 0 amide bonds. The van der Waals surface area contributed by atoms with E-state index in [4.69, 9.17) is 14.6 Å². The van der Waals surface area contributed by atoms with Crippen LogP contribution >= 0.6 is 0 Å². The molecule has 0 saturated carbocycles. The molecule has 2 rings (SSSR count). The first-order valence-corrected chi connectivity index (χ1v) is 5.93. The molecule has 0 saturated heterocycles. The minimum atomic E-state index is -1.09. The summed E-state index contributed by atoms with van der Waals surface area (Å²) in [5.74, 6) is -0.614. The lowest BCUT2D eigenvalue weighted by molar-refractivity contribution is -0.150. The van der Waals surface area contributed by atoms with Crippen LogP contribution in [0.2, 0.25) is 0 Å². The van der Waals surface area contributed by atoms with Gasteiger partial charge in [0.1, 0.15) is 29.9 Å². The van der Waals surface area contributed by atoms with Crippen LogP contribution < -0.4 is 4.74 Å². The normalized spacial score (nSPS) is 23.2. The number of hydrogen-bond acceptors (Lipinski definition) is 5. The van der Waals surface area contributed by atoms with Crippen molar-refractivity contribution < 1.29 is 28.9 Å². The van der Waals surface area contributed by atoms with Gasteiger partial charge in [-0.1, -0.05) is 0 Å². The maximum Gasteiger partial charge on any atom is 0.303 e. The molecule has 2 N–H and O–H groups in total. The Kier molecular flexibility index (Phi) is 4.01. The molecule has 104 valence electrons. The first kappa shape index (κ1) is 13.8. The molecule has 1 aliphatic heterocycles. The summed E-state index contributed by atoms with van der Waals surface area (Å²) in [7, 11) is 0. The molecule has 0 bridgehead atoms. The number of benzene rings is 1. The molecular weight excluding hydrogens is 255 g/mol. The Bertz CT molecular complexity index is 476. The van der Waals surface area contributed by atoms with Gasteiger partial charge in [0.25, 0.3) is 0 Å². The van der Waals surface area contributed by atoms with Gasteiger partial charge < -0.3 is 19.7 Å². The fraction of sp³-hybridized carbons (Fsp3) is 0.462. The summed E-state index contributed by atoms with van der Waals surface area (Å²) in [5, 5.41) is 18.6. The lowest BCUT2D eigenvalue weighted by Gasteiger charge is -2.33. The van der Waals surface area contributed by atoms with Gasteiger partial charge in [0.15, 0.2) is 0 Å². The summed E-state index contributed by atoms with van der Waals surface area (Å²) in [6.07, 6.45) is -2.32. The van der Waals surface area contributed by atoms with Gasteiger partial charge in [0, 0.05) is 18.9 Å². The van der Waals surface area contributed by atoms with Crippen LogP contribution in [0.3, 0.4) is 0 Å². The molecule has 19 heavy (non-hydrogen) atoms. The fourth-order valence-electron chi connectivity index (χ4n) is 2.09. The van der Waals surface area contributed by atoms with Crippen LogP contribution in [0.4, 0.5) is 4.39 Å². The highest BCUT2D eigenvalue weighted by Gasteiger charge is 2.34. The van der Waals surface area contributed by atoms with Crippen LogP contribution in [0.25, 0.3) is 0 Å². The molecule has 0 aliphatic carbocycles. The minimum absolute atomic E-state index is 0.164. The predicted octanol–water partition coefficient (Wildman–Crippen LogP) is 0.934. The molecule has 3 atom stereocenters. The van der Waals surface area contributed by atoms with Crippen molar-refractivity contribution >= 4 is 5.97 Å². The van der Waals surface area contributed by atoms with Crippen LogP contribution in [0.1, 0.15) is 25.0 Å². The third-order valence-electron chi connectivity index (χ3n) is 2.97. The molecule has 1 aromatic rings. The molecule has 1 heterocycles. The average Bonchev–Trinajstić information content (AvgIpc) is 2.37. The quantitative estimate of drug-likeness (QED) is 0.799. The second-order valence-corrected chi connectivity index (χ2v) is 4.42. The molecule has 1 aromatic carbocycles. The first-order valence-electron chi connectivity index (χ1n) is 5.93. The molecule has 0 aromatic heterocycles. The van der Waals surface area contributed by atoms with E-state index < -0.39 is 36.7 Å². The van der Waals surface area contributed by atoms with Crippen molar-refractivity contribution in [3.63, 3.8) is 0 Å². The third-order valence-corrected chi connectivity index (χ3v) is 2.97. The van der Waals surface area contributed by atoms with Crippen molar-refractivity contribution in [3.05, 3.63) is 29.6 Å². The van der Waals surface area contributed by atoms with E-state index >= 15 is 0 Å². The summed E-state index contributed by atoms with van der Waals surface area (Å²) >= 11 is 0. The Morgan fingerprint density at radius 2 is 2.37 bits per heavy atom. The Labute approximate surface area is 109 Å². The predicted molar refractivity (Wildman–Crippen MR) is 63.0 cm³/mol. The number of carbonyl (C=O) groups is 1. The van der Waals surface area contributed by atoms with Crippen molar-refractivity contribution in [2.75, 3.05) is 6.61 Å². The number of rotatable bonds is 3. The van der Waals surface area contributed by atoms with E-state index in [0.717, 1.165) is 0 Å². The highest BCUT2D eigenvalue weighted by atomic mass is 19.1. The standard InChI is InChI=1S/C13H15FO5/c1-7(16)18-12-5-13(10(17)6-15)19-11-3-2-8(14)4-9(11)12/h2-4,10,12-13,15,17H,5-6H2,1H3/t10-,12-,13+/m0/s1. The molecule has 0 unspecified atom stereocenters. The molecular formula is C13H15FO5. The summed E-state index contributed by atoms with van der Waals surface area (Å²) in [5.41, 5.74) is 0.427. The molecule has 0 spiro atoms. The van der Waals surface area contributed by atoms with Gasteiger partial charge >= 0.3 is 5.97 Å². The smallest absolute Gasteiger partial charge is 0.303 e. The number of aliphatic hydroxyl groups excluding tert-OH is 2. The van der Waals surface area contributed by atoms with Crippen LogP contribution in [-0.2, 0) is 9.53 Å². The van der Waals surface area contributed by atoms with Gasteiger partial charge in [-0.3, -0.25) is 4.79 Å². The number of fused-ring (bicyclic) bond motifs is 1. The highest BCUT2D eigenvalue weighted by Crippen LogP contribution is 2.38. The molecule has 0 radical (unpaired) electrons. The zero-order chi connectivity index (χ0) is 14.0. The molecule has 5 nitrogen and oxygen atoms in total. The van der Waals surface area contributed by atoms with Crippen molar-refractivity contribution in [3.8, 4) is 5.75 Å². The Balaban J connectivity index is 2.31. The SMILES string of the molecule is CC(=O)O[C@H]1C[C@H]([C@@H](O)CO)Oc2ccc(F)cc21. The van der Waals surface area contributed by atoms with Crippen molar-refractivity contribution in [1.29, 1.82) is 0 Å². The number of hydrogen-bond donors (Lipinski definition) is 2. The van der Waals surface area contributed by atoms with Gasteiger partial charge in [0.2, 0.25) is 0 Å². The number of aliphatic hydroxyl groups is 2. The molecule has 1 aliphatic rings. The van der Waals surface area contributed by atoms with E-state index in [-0.39, 0.29) is 6.42 Å². The maximum absolute atomic E-state index is 13.2. The fourth-order valence-corrected chi connectivity index (χ4v) is 2.09. The lowest BCUT2D eigenvalue weighted by Crippen LogP contribution is -2.39. The second kappa shape index (κ2) is 5.54. The summed E-state index contributed by atoms with van der Waals surface area (Å²) in [6.45, 7) is 0.792. The van der Waals surface area contributed by atoms with Crippen molar-refractivity contribution in [2.45, 2.75) is 31.7 Å².